The van der Waals surface area contributed by atoms with Gasteiger partial charge in [-0.3, -0.25) is 15.1 Å². The number of aliphatic imine (C=N–C) groups is 2. The van der Waals surface area contributed by atoms with E-state index in [0.29, 0.717) is 61.4 Å². The average Bonchev–Trinajstić information content (AvgIpc) is 3.49. The Balaban J connectivity index is 1.59. The lowest BCUT2D eigenvalue weighted by Crippen LogP contribution is -2.21. The Bertz CT molecular complexity index is 1910. The molecule has 3 aromatic heterocycles. The SMILES string of the molecule is C=N/C=N\C=C(/C)c1cc2c(-c3nc4c(-c5cc(F)cc(CNS(C)(=O)=O)c5)nccc4[nH]3)n[nH]c2cc1F. The normalized spacial score (nSPS) is 12.7. The van der Waals surface area contributed by atoms with Gasteiger partial charge in [0.2, 0.25) is 10.0 Å². The minimum atomic E-state index is -3.46. The van der Waals surface area contributed by atoms with Crippen molar-refractivity contribution in [1.29, 1.82) is 0 Å². The van der Waals surface area contributed by atoms with Gasteiger partial charge in [0.15, 0.2) is 5.82 Å². The van der Waals surface area contributed by atoms with Crippen LogP contribution in [0, 0.1) is 11.6 Å². The number of sulfonamides is 1. The fourth-order valence-corrected chi connectivity index (χ4v) is 4.57. The highest BCUT2D eigenvalue weighted by atomic mass is 32.2. The highest BCUT2D eigenvalue weighted by Gasteiger charge is 2.18. The van der Waals surface area contributed by atoms with E-state index in [9.17, 15) is 17.2 Å². The van der Waals surface area contributed by atoms with Crippen LogP contribution in [-0.2, 0) is 16.6 Å². The van der Waals surface area contributed by atoms with Gasteiger partial charge < -0.3 is 4.98 Å². The van der Waals surface area contributed by atoms with E-state index in [-0.39, 0.29) is 6.54 Å². The summed E-state index contributed by atoms with van der Waals surface area (Å²) in [6.07, 6.45) is 5.33. The van der Waals surface area contributed by atoms with Crippen LogP contribution in [0.4, 0.5) is 8.78 Å². The first kappa shape index (κ1) is 26.0. The minimum Gasteiger partial charge on any atom is -0.336 e. The minimum absolute atomic E-state index is 0.0766. The molecule has 13 heteroatoms. The smallest absolute Gasteiger partial charge is 0.209 e. The van der Waals surface area contributed by atoms with Crippen molar-refractivity contribution in [2.75, 3.05) is 6.26 Å². The predicted octanol–water partition coefficient (Wildman–Crippen LogP) is 4.59. The van der Waals surface area contributed by atoms with Crippen molar-refractivity contribution >= 4 is 50.6 Å². The largest absolute Gasteiger partial charge is 0.336 e. The number of imidazole rings is 1. The molecule has 0 bridgehead atoms. The maximum atomic E-state index is 14.8. The zero-order valence-corrected chi connectivity index (χ0v) is 21.6. The summed E-state index contributed by atoms with van der Waals surface area (Å²) in [5.74, 6) is -0.595. The zero-order chi connectivity index (χ0) is 27.7. The molecule has 0 radical (unpaired) electrons. The summed E-state index contributed by atoms with van der Waals surface area (Å²) in [5.41, 5.74) is 4.16. The van der Waals surface area contributed by atoms with Crippen LogP contribution in [0.15, 0.2) is 58.8 Å². The van der Waals surface area contributed by atoms with Crippen LogP contribution in [-0.4, -0.2) is 52.9 Å². The van der Waals surface area contributed by atoms with Crippen LogP contribution >= 0.6 is 0 Å². The Kier molecular flexibility index (Phi) is 6.85. The second-order valence-corrected chi connectivity index (χ2v) is 10.6. The zero-order valence-electron chi connectivity index (χ0n) is 20.8. The molecule has 0 aliphatic heterocycles. The number of nitrogens with one attached hydrogen (secondary N) is 3. The molecular weight excluding hydrogens is 526 g/mol. The number of rotatable bonds is 8. The van der Waals surface area contributed by atoms with Gasteiger partial charge in [-0.05, 0) is 55.1 Å². The highest BCUT2D eigenvalue weighted by molar-refractivity contribution is 7.88. The number of hydrogen-bond acceptors (Lipinski definition) is 6. The molecule has 0 spiro atoms. The molecule has 0 atom stereocenters. The highest BCUT2D eigenvalue weighted by Crippen LogP contribution is 2.33. The lowest BCUT2D eigenvalue weighted by atomic mass is 10.0. The van der Waals surface area contributed by atoms with Gasteiger partial charge in [0.25, 0.3) is 0 Å². The molecule has 198 valence electrons. The predicted molar refractivity (Wildman–Crippen MR) is 148 cm³/mol. The molecule has 0 saturated heterocycles. The Labute approximate surface area is 221 Å². The standard InChI is InChI=1S/C26H22F2N8O2S/c1-14(11-30-13-29-2)18-9-19-22(10-20(18)28)35-36-24(19)26-33-21-4-5-31-23(25(21)34-26)16-6-15(7-17(27)8-16)12-32-39(3,37)38/h4-11,13,32H,2,12H2,1,3H3,(H,33,34)(H,35,36)/b14-11+,30-13-. The number of aromatic amines is 2. The maximum absolute atomic E-state index is 14.8. The molecule has 5 rings (SSSR count). The summed E-state index contributed by atoms with van der Waals surface area (Å²) in [6, 6.07) is 8.93. The molecule has 3 heterocycles. The summed E-state index contributed by atoms with van der Waals surface area (Å²) in [5, 5.41) is 7.81. The van der Waals surface area contributed by atoms with Gasteiger partial charge in [-0.25, -0.2) is 31.9 Å². The number of pyridine rings is 1. The molecule has 39 heavy (non-hydrogen) atoms. The molecule has 0 unspecified atom stereocenters. The van der Waals surface area contributed by atoms with Gasteiger partial charge in [0.1, 0.15) is 29.2 Å². The summed E-state index contributed by atoms with van der Waals surface area (Å²) in [7, 11) is -3.46. The number of fused-ring (bicyclic) bond motifs is 2. The van der Waals surface area contributed by atoms with Crippen LogP contribution in [0.5, 0.6) is 0 Å². The molecule has 0 aliphatic carbocycles. The van der Waals surface area contributed by atoms with Crippen molar-refractivity contribution in [1.82, 2.24) is 29.9 Å². The van der Waals surface area contributed by atoms with E-state index < -0.39 is 21.7 Å². The van der Waals surface area contributed by atoms with Gasteiger partial charge in [0.05, 0.1) is 23.0 Å². The van der Waals surface area contributed by atoms with E-state index in [1.807, 2.05) is 0 Å². The van der Waals surface area contributed by atoms with Crippen molar-refractivity contribution in [2.24, 2.45) is 9.98 Å². The number of H-pyrrole nitrogens is 2. The first-order valence-corrected chi connectivity index (χ1v) is 13.4. The van der Waals surface area contributed by atoms with E-state index in [1.54, 1.807) is 31.3 Å². The first-order chi connectivity index (χ1) is 18.6. The van der Waals surface area contributed by atoms with Gasteiger partial charge >= 0.3 is 0 Å². The van der Waals surface area contributed by atoms with Gasteiger partial charge in [0, 0.05) is 41.5 Å². The number of halogens is 2. The molecule has 0 amide bonds. The molecule has 3 N–H and O–H groups in total. The second-order valence-electron chi connectivity index (χ2n) is 8.79. The van der Waals surface area contributed by atoms with Crippen LogP contribution in [0.2, 0.25) is 0 Å². The monoisotopic (exact) mass is 548 g/mol. The Morgan fingerprint density at radius 1 is 1.15 bits per heavy atom. The molecule has 0 aliphatic rings. The first-order valence-electron chi connectivity index (χ1n) is 11.5. The number of benzene rings is 2. The summed E-state index contributed by atoms with van der Waals surface area (Å²) < 4.78 is 54.6. The Morgan fingerprint density at radius 3 is 2.74 bits per heavy atom. The topological polar surface area (TPSA) is 141 Å². The fraction of sp³-hybridized carbons (Fsp3) is 0.115. The van der Waals surface area contributed by atoms with Gasteiger partial charge in [-0.1, -0.05) is 0 Å². The molecule has 10 nitrogen and oxygen atoms in total. The van der Waals surface area contributed by atoms with Crippen molar-refractivity contribution < 1.29 is 17.2 Å². The van der Waals surface area contributed by atoms with Crippen molar-refractivity contribution in [2.45, 2.75) is 13.5 Å². The third kappa shape index (κ3) is 5.49. The third-order valence-corrected chi connectivity index (χ3v) is 6.56. The molecule has 5 aromatic rings. The lowest BCUT2D eigenvalue weighted by molar-refractivity contribution is 0.586. The van der Waals surface area contributed by atoms with E-state index in [4.69, 9.17) is 4.98 Å². The van der Waals surface area contributed by atoms with Gasteiger partial charge in [-0.15, -0.1) is 0 Å². The van der Waals surface area contributed by atoms with E-state index in [0.717, 1.165) is 6.26 Å². The number of hydrogen-bond donors (Lipinski definition) is 3. The van der Waals surface area contributed by atoms with Crippen molar-refractivity contribution in [3.05, 3.63) is 71.6 Å². The van der Waals surface area contributed by atoms with Crippen molar-refractivity contribution in [3.8, 4) is 22.8 Å². The molecular formula is C26H22F2N8O2S. The lowest BCUT2D eigenvalue weighted by Gasteiger charge is -2.07. The van der Waals surface area contributed by atoms with Gasteiger partial charge in [-0.2, -0.15) is 5.10 Å². The van der Waals surface area contributed by atoms with E-state index in [2.05, 4.69) is 41.6 Å². The van der Waals surface area contributed by atoms with E-state index >= 15 is 0 Å². The number of nitrogens with zero attached hydrogens (tertiary/aromatic N) is 5. The summed E-state index contributed by atoms with van der Waals surface area (Å²) >= 11 is 0. The van der Waals surface area contributed by atoms with Crippen molar-refractivity contribution in [3.63, 3.8) is 0 Å². The number of aromatic nitrogens is 5. The quantitative estimate of drug-likeness (QED) is 0.192. The fourth-order valence-electron chi connectivity index (χ4n) is 4.14. The van der Waals surface area contributed by atoms with Crippen LogP contribution in [0.1, 0.15) is 18.1 Å². The van der Waals surface area contributed by atoms with Crippen LogP contribution in [0.25, 0.3) is 50.3 Å². The second kappa shape index (κ2) is 10.3. The Hall–Kier alpha value is -4.62. The molecule has 0 fully saturated rings. The Morgan fingerprint density at radius 2 is 1.97 bits per heavy atom. The van der Waals surface area contributed by atoms with Crippen LogP contribution in [0.3, 0.4) is 0 Å². The average molecular weight is 549 g/mol. The maximum Gasteiger partial charge on any atom is 0.209 e. The number of allylic oxidation sites excluding steroid dienone is 1. The molecule has 0 saturated carbocycles. The third-order valence-electron chi connectivity index (χ3n) is 5.89. The molecule has 2 aromatic carbocycles. The van der Waals surface area contributed by atoms with Crippen LogP contribution < -0.4 is 4.72 Å². The summed E-state index contributed by atoms with van der Waals surface area (Å²) in [4.78, 5) is 19.8. The summed E-state index contributed by atoms with van der Waals surface area (Å²) in [6.45, 7) is 4.97. The van der Waals surface area contributed by atoms with E-state index in [1.165, 1.54) is 30.7 Å².